The minimum absolute atomic E-state index is 0.0481. The lowest BCUT2D eigenvalue weighted by molar-refractivity contribution is 0.808. The summed E-state index contributed by atoms with van der Waals surface area (Å²) in [7, 11) is 0. The van der Waals surface area contributed by atoms with E-state index in [1.807, 2.05) is 72.8 Å². The summed E-state index contributed by atoms with van der Waals surface area (Å²) in [5.74, 6) is 0. The summed E-state index contributed by atoms with van der Waals surface area (Å²) in [6, 6.07) is 84.2. The van der Waals surface area contributed by atoms with Crippen LogP contribution < -0.4 is 12.9 Å². The van der Waals surface area contributed by atoms with Crippen molar-refractivity contribution < 1.29 is 0 Å². The summed E-state index contributed by atoms with van der Waals surface area (Å²) in [6.07, 6.45) is 0. The fourth-order valence-electron chi connectivity index (χ4n) is 7.89. The number of aryl methyl sites for hydroxylation is 1. The Bertz CT molecular complexity index is 2520. The number of nitrogens with zero attached hydrogens (tertiary/aromatic N) is 3. The van der Waals surface area contributed by atoms with Crippen LogP contribution in [-0.2, 0) is 0 Å². The smallest absolute Gasteiger partial charge is 0.183 e. The van der Waals surface area contributed by atoms with Crippen LogP contribution in [0.5, 0.6) is 0 Å². The SMILES string of the molecule is Cc1ccc(N(c2ccc(-c3ccc([N+](Cl)(c4ccccc4)c4ccccc4)cc3)cc2)c2ccc(-c3ccc([N+](Cl)(c4ccccc4)c4ccccc4)cc3)cc2)cc1. The molecule has 0 saturated heterocycles. The molecule has 0 aromatic heterocycles. The molecule has 290 valence electrons. The van der Waals surface area contributed by atoms with E-state index in [0.717, 1.165) is 73.4 Å². The molecule has 60 heavy (non-hydrogen) atoms. The van der Waals surface area contributed by atoms with Crippen molar-refractivity contribution in [3.63, 3.8) is 0 Å². The second-order valence-electron chi connectivity index (χ2n) is 14.9. The van der Waals surface area contributed by atoms with Crippen LogP contribution in [0.25, 0.3) is 22.3 Å². The van der Waals surface area contributed by atoms with Gasteiger partial charge in [-0.15, -0.1) is 8.00 Å². The number of halogens is 2. The van der Waals surface area contributed by atoms with Crippen molar-refractivity contribution in [2.45, 2.75) is 6.92 Å². The molecule has 9 aromatic rings. The lowest BCUT2D eigenvalue weighted by atomic mass is 10.0. The first-order valence-electron chi connectivity index (χ1n) is 20.1. The van der Waals surface area contributed by atoms with E-state index >= 15 is 0 Å². The van der Waals surface area contributed by atoms with Gasteiger partial charge in [0.2, 0.25) is 0 Å². The number of quaternary nitrogens is 2. The zero-order valence-corrected chi connectivity index (χ0v) is 34.7. The van der Waals surface area contributed by atoms with Gasteiger partial charge in [0.05, 0.1) is 0 Å². The molecule has 5 heteroatoms. The lowest BCUT2D eigenvalue weighted by Gasteiger charge is -2.28. The van der Waals surface area contributed by atoms with E-state index in [0.29, 0.717) is 0 Å². The van der Waals surface area contributed by atoms with Crippen molar-refractivity contribution in [2.75, 3.05) is 4.90 Å². The molecule has 0 atom stereocenters. The Morgan fingerprint density at radius 2 is 0.483 bits per heavy atom. The fourth-order valence-corrected chi connectivity index (χ4v) is 8.57. The van der Waals surface area contributed by atoms with Crippen LogP contribution >= 0.6 is 23.6 Å². The van der Waals surface area contributed by atoms with Crippen LogP contribution in [0.2, 0.25) is 0 Å². The molecule has 0 fully saturated rings. The first-order valence-corrected chi connectivity index (χ1v) is 20.8. The molecule has 9 aromatic carbocycles. The average Bonchev–Trinajstić information content (AvgIpc) is 3.33. The molecule has 0 spiro atoms. The van der Waals surface area contributed by atoms with Crippen LogP contribution in [0, 0.1) is 6.92 Å². The third-order valence-electron chi connectivity index (χ3n) is 11.1. The summed E-state index contributed by atoms with van der Waals surface area (Å²) in [4.78, 5) is 2.30. The Labute approximate surface area is 363 Å². The van der Waals surface area contributed by atoms with Crippen LogP contribution in [0.4, 0.5) is 51.2 Å². The molecular formula is C55H43Cl2N3+2. The van der Waals surface area contributed by atoms with Crippen LogP contribution in [-0.4, -0.2) is 0 Å². The Balaban J connectivity index is 0.997. The fraction of sp³-hybridized carbons (Fsp3) is 0.0182. The maximum atomic E-state index is 7.53. The van der Waals surface area contributed by atoms with Crippen molar-refractivity contribution in [3.05, 3.63) is 248 Å². The molecule has 0 aliphatic carbocycles. The van der Waals surface area contributed by atoms with Gasteiger partial charge in [0.1, 0.15) is 0 Å². The zero-order chi connectivity index (χ0) is 40.9. The molecule has 0 radical (unpaired) electrons. The predicted molar refractivity (Wildman–Crippen MR) is 256 cm³/mol. The Morgan fingerprint density at radius 3 is 0.750 bits per heavy atom. The highest BCUT2D eigenvalue weighted by atomic mass is 35.5. The van der Waals surface area contributed by atoms with E-state index in [4.69, 9.17) is 23.6 Å². The predicted octanol–water partition coefficient (Wildman–Crippen LogP) is 17.0. The maximum absolute atomic E-state index is 7.53. The molecule has 0 aliphatic heterocycles. The number of rotatable bonds is 11. The van der Waals surface area contributed by atoms with Crippen molar-refractivity contribution in [1.29, 1.82) is 0 Å². The molecular weight excluding hydrogens is 774 g/mol. The van der Waals surface area contributed by atoms with E-state index in [-0.39, 0.29) is 8.00 Å². The first kappa shape index (κ1) is 38.8. The average molecular weight is 817 g/mol. The maximum Gasteiger partial charge on any atom is 0.183 e. The van der Waals surface area contributed by atoms with Gasteiger partial charge in [0.25, 0.3) is 0 Å². The summed E-state index contributed by atoms with van der Waals surface area (Å²) < 4.78 is 0.0961. The van der Waals surface area contributed by atoms with Gasteiger partial charge in [-0.1, -0.05) is 115 Å². The molecule has 0 N–H and O–H groups in total. The summed E-state index contributed by atoms with van der Waals surface area (Å²) in [6.45, 7) is 2.12. The van der Waals surface area contributed by atoms with E-state index in [1.165, 1.54) is 5.56 Å². The van der Waals surface area contributed by atoms with Crippen molar-refractivity contribution >= 4 is 74.7 Å². The van der Waals surface area contributed by atoms with Gasteiger partial charge < -0.3 is 4.90 Å². The summed E-state index contributed by atoms with van der Waals surface area (Å²) in [5.41, 5.74) is 14.8. The van der Waals surface area contributed by atoms with E-state index in [1.54, 1.807) is 0 Å². The summed E-state index contributed by atoms with van der Waals surface area (Å²) in [5, 5.41) is 0. The third kappa shape index (κ3) is 7.52. The molecule has 0 aliphatic rings. The first-order chi connectivity index (χ1) is 29.4. The number of hydrogen-bond acceptors (Lipinski definition) is 1. The number of hydrogen-bond donors (Lipinski definition) is 0. The molecule has 9 rings (SSSR count). The standard InChI is InChI=1S/C55H43Cl2N3/c1-42-22-32-47(33-23-42)58(48-34-24-43(25-35-48)45-28-38-54(39-29-45)59(56,50-14-6-2-7-15-50)51-16-8-3-9-17-51)49-36-26-44(27-37-49)46-30-40-55(41-31-46)60(57,52-18-10-4-11-19-52)53-20-12-5-13-21-53/h2-41H,1H3/q+2. The topological polar surface area (TPSA) is 3.24 Å². The molecule has 0 saturated carbocycles. The quantitative estimate of drug-likeness (QED) is 0.118. The van der Waals surface area contributed by atoms with Gasteiger partial charge in [-0.05, 0) is 89.8 Å². The van der Waals surface area contributed by atoms with Crippen LogP contribution in [0.15, 0.2) is 243 Å². The highest BCUT2D eigenvalue weighted by molar-refractivity contribution is 6.28. The Morgan fingerprint density at radius 1 is 0.267 bits per heavy atom. The Kier molecular flexibility index (Phi) is 10.9. The zero-order valence-electron chi connectivity index (χ0n) is 33.2. The highest BCUT2D eigenvalue weighted by Crippen LogP contribution is 2.48. The minimum atomic E-state index is 0.0481. The monoisotopic (exact) mass is 815 g/mol. The van der Waals surface area contributed by atoms with Gasteiger partial charge in [-0.3, -0.25) is 0 Å². The van der Waals surface area contributed by atoms with Crippen LogP contribution in [0.1, 0.15) is 5.56 Å². The minimum Gasteiger partial charge on any atom is -0.311 e. The van der Waals surface area contributed by atoms with E-state index in [2.05, 4.69) is 182 Å². The van der Waals surface area contributed by atoms with Gasteiger partial charge in [0, 0.05) is 89.9 Å². The molecule has 0 unspecified atom stereocenters. The van der Waals surface area contributed by atoms with Gasteiger partial charge in [0.15, 0.2) is 57.7 Å². The van der Waals surface area contributed by atoms with Gasteiger partial charge >= 0.3 is 0 Å². The number of anilines is 3. The van der Waals surface area contributed by atoms with Gasteiger partial charge in [-0.25, -0.2) is 0 Å². The van der Waals surface area contributed by atoms with Gasteiger partial charge in [-0.2, -0.15) is 0 Å². The Hall–Kier alpha value is -6.72. The highest BCUT2D eigenvalue weighted by Gasteiger charge is 2.36. The van der Waals surface area contributed by atoms with Crippen LogP contribution in [0.3, 0.4) is 0 Å². The van der Waals surface area contributed by atoms with Crippen molar-refractivity contribution in [3.8, 4) is 22.3 Å². The number of benzene rings is 9. The van der Waals surface area contributed by atoms with E-state index < -0.39 is 0 Å². The molecule has 0 bridgehead atoms. The second-order valence-corrected chi connectivity index (χ2v) is 15.9. The van der Waals surface area contributed by atoms with Crippen molar-refractivity contribution in [2.24, 2.45) is 0 Å². The number of para-hydroxylation sites is 4. The largest absolute Gasteiger partial charge is 0.311 e. The molecule has 3 nitrogen and oxygen atoms in total. The van der Waals surface area contributed by atoms with Crippen molar-refractivity contribution in [1.82, 2.24) is 8.00 Å². The lowest BCUT2D eigenvalue weighted by Crippen LogP contribution is -2.26. The normalized spacial score (nSPS) is 11.6. The summed E-state index contributed by atoms with van der Waals surface area (Å²) >= 11 is 15.1. The molecule has 0 amide bonds. The van der Waals surface area contributed by atoms with E-state index in [9.17, 15) is 0 Å². The third-order valence-corrected chi connectivity index (χ3v) is 12.3. The second kappa shape index (κ2) is 16.9. The molecule has 0 heterocycles.